The summed E-state index contributed by atoms with van der Waals surface area (Å²) in [5.74, 6) is -0.947. The number of ether oxygens (including phenoxy) is 3. The number of rotatable bonds is 6. The number of anilines is 1. The van der Waals surface area contributed by atoms with Crippen LogP contribution in [0.25, 0.3) is 17.2 Å². The van der Waals surface area contributed by atoms with Crippen LogP contribution < -0.4 is 10.6 Å². The van der Waals surface area contributed by atoms with Gasteiger partial charge in [0.25, 0.3) is 0 Å². The Hall–Kier alpha value is -3.87. The molecule has 12 nitrogen and oxygen atoms in total. The Morgan fingerprint density at radius 1 is 1.12 bits per heavy atom. The summed E-state index contributed by atoms with van der Waals surface area (Å²) in [5, 5.41) is 14.9. The van der Waals surface area contributed by atoms with Gasteiger partial charge in [0, 0.05) is 6.54 Å². The van der Waals surface area contributed by atoms with Gasteiger partial charge in [-0.1, -0.05) is 36.4 Å². The zero-order valence-corrected chi connectivity index (χ0v) is 18.1. The first-order valence-corrected chi connectivity index (χ1v) is 10.7. The van der Waals surface area contributed by atoms with Crippen LogP contribution in [0.15, 0.2) is 49.1 Å². The van der Waals surface area contributed by atoms with Crippen molar-refractivity contribution in [3.63, 3.8) is 0 Å². The lowest BCUT2D eigenvalue weighted by Gasteiger charge is -2.19. The fraction of sp³-hybridized carbons (Fsp3) is 0.318. The Morgan fingerprint density at radius 2 is 1.91 bits per heavy atom. The molecular formula is C22H22N6O6. The molecule has 12 heteroatoms. The van der Waals surface area contributed by atoms with E-state index in [4.69, 9.17) is 14.2 Å². The molecule has 1 aromatic carbocycles. The second-order valence-electron chi connectivity index (χ2n) is 7.66. The van der Waals surface area contributed by atoms with Crippen LogP contribution in [0, 0.1) is 0 Å². The Balaban J connectivity index is 1.42. The number of hydrogen-bond donors (Lipinski definition) is 3. The molecule has 34 heavy (non-hydrogen) atoms. The van der Waals surface area contributed by atoms with Crippen molar-refractivity contribution in [1.82, 2.24) is 24.8 Å². The number of fused-ring (bicyclic) bond motifs is 2. The average molecular weight is 466 g/mol. The minimum atomic E-state index is -1.24. The Bertz CT molecular complexity index is 1230. The van der Waals surface area contributed by atoms with E-state index in [0.29, 0.717) is 17.7 Å². The highest BCUT2D eigenvalue weighted by Gasteiger charge is 2.56. The average Bonchev–Trinajstić information content (AvgIpc) is 3.52. The minimum Gasteiger partial charge on any atom is -0.479 e. The molecule has 4 heterocycles. The fourth-order valence-corrected chi connectivity index (χ4v) is 3.98. The number of carboxylic acids is 1. The van der Waals surface area contributed by atoms with E-state index in [0.717, 1.165) is 5.56 Å². The summed E-state index contributed by atoms with van der Waals surface area (Å²) in [7, 11) is 0. The lowest BCUT2D eigenvalue weighted by molar-refractivity contribution is -0.166. The molecule has 0 spiro atoms. The summed E-state index contributed by atoms with van der Waals surface area (Å²) in [6.07, 6.45) is 1.89. The third kappa shape index (κ3) is 4.09. The predicted octanol–water partition coefficient (Wildman–Crippen LogP) is 1.77. The SMILES string of the molecule is CCNC(=O)Nc1ncnc2c1ncn2[C@@H]1O[C@H](C(=O)O)C2O[C@H](/C=C/c3ccccc3)O[C@@H]21. The number of imidazole rings is 1. The number of hydrogen-bond acceptors (Lipinski definition) is 8. The number of amides is 2. The van der Waals surface area contributed by atoms with Gasteiger partial charge in [-0.25, -0.2) is 24.5 Å². The molecule has 2 aromatic heterocycles. The van der Waals surface area contributed by atoms with Gasteiger partial charge in [0.05, 0.1) is 6.33 Å². The highest BCUT2D eigenvalue weighted by atomic mass is 16.8. The van der Waals surface area contributed by atoms with Crippen molar-refractivity contribution in [3.8, 4) is 0 Å². The first-order chi connectivity index (χ1) is 16.5. The summed E-state index contributed by atoms with van der Waals surface area (Å²) in [6.45, 7) is 2.24. The summed E-state index contributed by atoms with van der Waals surface area (Å²) < 4.78 is 19.3. The van der Waals surface area contributed by atoms with E-state index in [-0.39, 0.29) is 5.82 Å². The van der Waals surface area contributed by atoms with Gasteiger partial charge in [-0.15, -0.1) is 0 Å². The monoisotopic (exact) mass is 466 g/mol. The van der Waals surface area contributed by atoms with E-state index in [9.17, 15) is 14.7 Å². The number of carbonyl (C=O) groups excluding carboxylic acids is 1. The van der Waals surface area contributed by atoms with Gasteiger partial charge in [-0.05, 0) is 18.6 Å². The molecule has 5 atom stereocenters. The number of carboxylic acid groups (broad SMARTS) is 1. The van der Waals surface area contributed by atoms with E-state index in [1.165, 1.54) is 12.7 Å². The standard InChI is InChI=1S/C22H22N6O6/c1-2-23-22(31)27-18-14-19(25-10-24-18)28(11-26-14)20-16-15(17(34-20)21(29)30)32-13(33-16)9-8-12-6-4-3-5-7-12/h3-11,13,15-17,20H,2H2,1H3,(H,29,30)(H2,23,24,25,27,31)/b9-8+/t13-,15?,16-,17-,20+/m0/s1. The van der Waals surface area contributed by atoms with Gasteiger partial charge in [-0.2, -0.15) is 0 Å². The van der Waals surface area contributed by atoms with Gasteiger partial charge in [-0.3, -0.25) is 9.88 Å². The summed E-state index contributed by atoms with van der Waals surface area (Å²) in [4.78, 5) is 36.5. The first-order valence-electron chi connectivity index (χ1n) is 10.7. The molecule has 5 rings (SSSR count). The normalized spacial score (nSPS) is 26.1. The van der Waals surface area contributed by atoms with Crippen LogP contribution in [0.1, 0.15) is 18.7 Å². The Kier molecular flexibility index (Phi) is 5.92. The maximum atomic E-state index is 11.9. The number of benzene rings is 1. The summed E-state index contributed by atoms with van der Waals surface area (Å²) >= 11 is 0. The molecule has 0 aliphatic carbocycles. The van der Waals surface area contributed by atoms with Crippen LogP contribution >= 0.6 is 0 Å². The van der Waals surface area contributed by atoms with Crippen molar-refractivity contribution >= 4 is 35.1 Å². The van der Waals surface area contributed by atoms with Gasteiger partial charge < -0.3 is 24.6 Å². The lowest BCUT2D eigenvalue weighted by atomic mass is 10.1. The molecule has 1 unspecified atom stereocenters. The zero-order chi connectivity index (χ0) is 23.7. The van der Waals surface area contributed by atoms with Crippen molar-refractivity contribution in [3.05, 3.63) is 54.6 Å². The van der Waals surface area contributed by atoms with Crippen molar-refractivity contribution in [2.75, 3.05) is 11.9 Å². The topological polar surface area (TPSA) is 150 Å². The third-order valence-corrected chi connectivity index (χ3v) is 5.46. The third-order valence-electron chi connectivity index (χ3n) is 5.46. The van der Waals surface area contributed by atoms with Crippen LogP contribution in [0.2, 0.25) is 0 Å². The van der Waals surface area contributed by atoms with Crippen molar-refractivity contribution in [2.24, 2.45) is 0 Å². The van der Waals surface area contributed by atoms with E-state index in [1.54, 1.807) is 17.6 Å². The van der Waals surface area contributed by atoms with Crippen LogP contribution in [0.5, 0.6) is 0 Å². The Labute approximate surface area is 193 Å². The second kappa shape index (κ2) is 9.17. The van der Waals surface area contributed by atoms with Crippen molar-refractivity contribution in [1.29, 1.82) is 0 Å². The van der Waals surface area contributed by atoms with Crippen LogP contribution in [-0.4, -0.2) is 67.8 Å². The smallest absolute Gasteiger partial charge is 0.335 e. The minimum absolute atomic E-state index is 0.214. The summed E-state index contributed by atoms with van der Waals surface area (Å²) in [5.41, 5.74) is 1.63. The molecule has 2 aliphatic rings. The van der Waals surface area contributed by atoms with E-state index in [1.807, 2.05) is 36.4 Å². The first kappa shape index (κ1) is 21.9. The van der Waals surface area contributed by atoms with Gasteiger partial charge in [0.1, 0.15) is 18.5 Å². The zero-order valence-electron chi connectivity index (χ0n) is 18.1. The maximum Gasteiger partial charge on any atom is 0.335 e. The number of nitrogens with one attached hydrogen (secondary N) is 2. The van der Waals surface area contributed by atoms with Crippen LogP contribution in [0.3, 0.4) is 0 Å². The molecule has 0 saturated carbocycles. The second-order valence-corrected chi connectivity index (χ2v) is 7.66. The van der Waals surface area contributed by atoms with Crippen molar-refractivity contribution < 1.29 is 28.9 Å². The van der Waals surface area contributed by atoms with E-state index < -0.39 is 42.8 Å². The van der Waals surface area contributed by atoms with Gasteiger partial charge in [0.2, 0.25) is 0 Å². The predicted molar refractivity (Wildman–Crippen MR) is 119 cm³/mol. The van der Waals surface area contributed by atoms with Crippen LogP contribution in [0.4, 0.5) is 10.6 Å². The van der Waals surface area contributed by atoms with E-state index >= 15 is 0 Å². The molecule has 2 saturated heterocycles. The number of aromatic nitrogens is 4. The number of urea groups is 1. The van der Waals surface area contributed by atoms with Crippen molar-refractivity contribution in [2.45, 2.75) is 37.8 Å². The lowest BCUT2D eigenvalue weighted by Crippen LogP contribution is -2.34. The molecule has 0 radical (unpaired) electrons. The van der Waals surface area contributed by atoms with E-state index in [2.05, 4.69) is 25.6 Å². The number of carbonyl (C=O) groups is 2. The molecule has 3 aromatic rings. The molecule has 2 aliphatic heterocycles. The highest BCUT2D eigenvalue weighted by Crippen LogP contribution is 2.41. The van der Waals surface area contributed by atoms with Gasteiger partial charge >= 0.3 is 12.0 Å². The maximum absolute atomic E-state index is 11.9. The fourth-order valence-electron chi connectivity index (χ4n) is 3.98. The highest BCUT2D eigenvalue weighted by molar-refractivity contribution is 5.95. The Morgan fingerprint density at radius 3 is 2.68 bits per heavy atom. The summed E-state index contributed by atoms with van der Waals surface area (Å²) in [6, 6.07) is 9.18. The molecule has 3 N–H and O–H groups in total. The largest absolute Gasteiger partial charge is 0.479 e. The molecule has 2 amide bonds. The molecular weight excluding hydrogens is 444 g/mol. The quantitative estimate of drug-likeness (QED) is 0.494. The number of nitrogens with zero attached hydrogens (tertiary/aromatic N) is 4. The number of aliphatic carboxylic acids is 1. The molecule has 2 fully saturated rings. The van der Waals surface area contributed by atoms with Gasteiger partial charge in [0.15, 0.2) is 35.6 Å². The molecule has 0 bridgehead atoms. The molecule has 176 valence electrons. The van der Waals surface area contributed by atoms with Crippen LogP contribution in [-0.2, 0) is 19.0 Å².